The van der Waals surface area contributed by atoms with Crippen LogP contribution in [-0.2, 0) is 9.47 Å². The van der Waals surface area contributed by atoms with E-state index in [1.165, 1.54) is 0 Å². The number of rotatable bonds is 5. The molecule has 0 saturated carbocycles. The summed E-state index contributed by atoms with van der Waals surface area (Å²) in [4.78, 5) is 13.8. The predicted molar refractivity (Wildman–Crippen MR) is 69.1 cm³/mol. The van der Waals surface area contributed by atoms with E-state index in [0.29, 0.717) is 51.0 Å². The van der Waals surface area contributed by atoms with Crippen molar-refractivity contribution in [3.63, 3.8) is 0 Å². The molecule has 2 rings (SSSR count). The lowest BCUT2D eigenvalue weighted by Crippen LogP contribution is -2.41. The van der Waals surface area contributed by atoms with Crippen LogP contribution >= 0.6 is 0 Å². The van der Waals surface area contributed by atoms with Gasteiger partial charge in [0.2, 0.25) is 0 Å². The molecule has 1 aromatic rings. The van der Waals surface area contributed by atoms with Gasteiger partial charge in [0, 0.05) is 26.7 Å². The monoisotopic (exact) mass is 266 g/mol. The molecule has 0 atom stereocenters. The molecule has 1 fully saturated rings. The number of methoxy groups -OCH3 is 1. The summed E-state index contributed by atoms with van der Waals surface area (Å²) in [6, 6.07) is 3.43. The van der Waals surface area contributed by atoms with E-state index in [1.54, 1.807) is 24.1 Å². The van der Waals surface area contributed by atoms with Gasteiger partial charge in [-0.25, -0.2) is 0 Å². The van der Waals surface area contributed by atoms with E-state index in [1.807, 2.05) is 0 Å². The second kappa shape index (κ2) is 7.01. The van der Waals surface area contributed by atoms with Crippen LogP contribution in [0.1, 0.15) is 10.5 Å². The maximum absolute atomic E-state index is 12.1. The molecular formula is C12H18N4O3. The minimum absolute atomic E-state index is 0.0979. The maximum atomic E-state index is 12.1. The number of nitrogens with one attached hydrogen (secondary N) is 1. The topological polar surface area (TPSA) is 76.6 Å². The highest BCUT2D eigenvalue weighted by Crippen LogP contribution is 2.06. The van der Waals surface area contributed by atoms with E-state index in [9.17, 15) is 4.79 Å². The average Bonchev–Trinajstić information content (AvgIpc) is 2.48. The number of ether oxygens (including phenoxy) is 2. The van der Waals surface area contributed by atoms with Gasteiger partial charge in [0.25, 0.3) is 5.91 Å². The Bertz CT molecular complexity index is 404. The zero-order valence-electron chi connectivity index (χ0n) is 11.0. The molecule has 7 heteroatoms. The third kappa shape index (κ3) is 3.87. The Morgan fingerprint density at radius 3 is 2.84 bits per heavy atom. The highest BCUT2D eigenvalue weighted by molar-refractivity contribution is 5.92. The van der Waals surface area contributed by atoms with Crippen LogP contribution in [0.25, 0.3) is 0 Å². The molecule has 1 aromatic heterocycles. The summed E-state index contributed by atoms with van der Waals surface area (Å²) in [5, 5.41) is 11.0. The summed E-state index contributed by atoms with van der Waals surface area (Å²) in [5.74, 6) is 0.537. The predicted octanol–water partition coefficient (Wildman–Crippen LogP) is 0.00730. The van der Waals surface area contributed by atoms with Gasteiger partial charge in [-0.1, -0.05) is 0 Å². The van der Waals surface area contributed by atoms with Gasteiger partial charge in [0.1, 0.15) is 5.82 Å². The van der Waals surface area contributed by atoms with Gasteiger partial charge in [-0.05, 0) is 12.1 Å². The molecule has 0 unspecified atom stereocenters. The van der Waals surface area contributed by atoms with Crippen molar-refractivity contribution in [3.05, 3.63) is 17.8 Å². The molecule has 1 aliphatic heterocycles. The van der Waals surface area contributed by atoms with Gasteiger partial charge in [-0.2, -0.15) is 0 Å². The summed E-state index contributed by atoms with van der Waals surface area (Å²) >= 11 is 0. The van der Waals surface area contributed by atoms with Crippen molar-refractivity contribution in [2.45, 2.75) is 0 Å². The third-order valence-corrected chi connectivity index (χ3v) is 2.79. The fourth-order valence-corrected chi connectivity index (χ4v) is 1.75. The van der Waals surface area contributed by atoms with Crippen molar-refractivity contribution >= 4 is 11.7 Å². The number of carbonyl (C=O) groups excluding carboxylic acids is 1. The lowest BCUT2D eigenvalue weighted by atomic mass is 10.3. The van der Waals surface area contributed by atoms with Gasteiger partial charge < -0.3 is 19.7 Å². The highest BCUT2D eigenvalue weighted by Gasteiger charge is 2.19. The summed E-state index contributed by atoms with van der Waals surface area (Å²) in [5.41, 5.74) is 0.360. The van der Waals surface area contributed by atoms with Crippen LogP contribution in [0.3, 0.4) is 0 Å². The number of nitrogens with zero attached hydrogens (tertiary/aromatic N) is 3. The van der Waals surface area contributed by atoms with Crippen LogP contribution in [0, 0.1) is 0 Å². The van der Waals surface area contributed by atoms with Crippen molar-refractivity contribution < 1.29 is 14.3 Å². The van der Waals surface area contributed by atoms with Gasteiger partial charge >= 0.3 is 0 Å². The van der Waals surface area contributed by atoms with Crippen LogP contribution in [0.2, 0.25) is 0 Å². The molecule has 1 N–H and O–H groups in total. The van der Waals surface area contributed by atoms with E-state index in [0.717, 1.165) is 0 Å². The fourth-order valence-electron chi connectivity index (χ4n) is 1.75. The molecule has 0 spiro atoms. The smallest absolute Gasteiger partial charge is 0.274 e. The molecule has 0 aliphatic carbocycles. The van der Waals surface area contributed by atoms with Crippen LogP contribution < -0.4 is 5.32 Å². The van der Waals surface area contributed by atoms with Crippen molar-refractivity contribution in [1.29, 1.82) is 0 Å². The standard InChI is InChI=1S/C12H18N4O3/c1-18-7-4-13-11-3-2-10(14-15-11)12(17)16-5-8-19-9-6-16/h2-3H,4-9H2,1H3,(H,13,15). The zero-order valence-corrected chi connectivity index (χ0v) is 11.0. The Morgan fingerprint density at radius 2 is 2.21 bits per heavy atom. The molecule has 19 heavy (non-hydrogen) atoms. The molecule has 2 heterocycles. The first-order valence-electron chi connectivity index (χ1n) is 6.25. The molecule has 0 bridgehead atoms. The first-order valence-corrected chi connectivity index (χ1v) is 6.25. The van der Waals surface area contributed by atoms with Crippen LogP contribution in [0.15, 0.2) is 12.1 Å². The van der Waals surface area contributed by atoms with Crippen molar-refractivity contribution in [2.24, 2.45) is 0 Å². The van der Waals surface area contributed by atoms with Gasteiger partial charge in [-0.15, -0.1) is 10.2 Å². The molecule has 1 amide bonds. The first kappa shape index (κ1) is 13.7. The molecule has 1 aliphatic rings. The minimum atomic E-state index is -0.0979. The molecule has 104 valence electrons. The average molecular weight is 266 g/mol. The minimum Gasteiger partial charge on any atom is -0.383 e. The van der Waals surface area contributed by atoms with E-state index >= 15 is 0 Å². The lowest BCUT2D eigenvalue weighted by Gasteiger charge is -2.26. The molecular weight excluding hydrogens is 248 g/mol. The number of morpholine rings is 1. The Kier molecular flexibility index (Phi) is 5.05. The Balaban J connectivity index is 1.91. The van der Waals surface area contributed by atoms with E-state index < -0.39 is 0 Å². The Hall–Kier alpha value is -1.73. The number of hydrogen-bond acceptors (Lipinski definition) is 6. The number of hydrogen-bond donors (Lipinski definition) is 1. The summed E-state index contributed by atoms with van der Waals surface area (Å²) in [6.07, 6.45) is 0. The quantitative estimate of drug-likeness (QED) is 0.756. The largest absolute Gasteiger partial charge is 0.383 e. The molecule has 7 nitrogen and oxygen atoms in total. The molecule has 0 radical (unpaired) electrons. The number of amides is 1. The van der Waals surface area contributed by atoms with Crippen molar-refractivity contribution in [3.8, 4) is 0 Å². The Labute approximate surface area is 111 Å². The number of carbonyl (C=O) groups is 1. The number of aromatic nitrogens is 2. The normalized spacial score (nSPS) is 15.3. The van der Waals surface area contributed by atoms with E-state index in [4.69, 9.17) is 9.47 Å². The third-order valence-electron chi connectivity index (χ3n) is 2.79. The summed E-state index contributed by atoms with van der Waals surface area (Å²) in [7, 11) is 1.64. The lowest BCUT2D eigenvalue weighted by molar-refractivity contribution is 0.0298. The van der Waals surface area contributed by atoms with Crippen LogP contribution in [-0.4, -0.2) is 67.6 Å². The fraction of sp³-hybridized carbons (Fsp3) is 0.583. The Morgan fingerprint density at radius 1 is 1.42 bits per heavy atom. The van der Waals surface area contributed by atoms with Gasteiger partial charge in [0.05, 0.1) is 19.8 Å². The number of anilines is 1. The summed E-state index contributed by atoms with van der Waals surface area (Å²) < 4.78 is 10.1. The van der Waals surface area contributed by atoms with Crippen molar-refractivity contribution in [2.75, 3.05) is 51.9 Å². The molecule has 1 saturated heterocycles. The van der Waals surface area contributed by atoms with E-state index in [-0.39, 0.29) is 5.91 Å². The van der Waals surface area contributed by atoms with Gasteiger partial charge in [-0.3, -0.25) is 4.79 Å². The van der Waals surface area contributed by atoms with E-state index in [2.05, 4.69) is 15.5 Å². The maximum Gasteiger partial charge on any atom is 0.274 e. The SMILES string of the molecule is COCCNc1ccc(C(=O)N2CCOCC2)nn1. The first-order chi connectivity index (χ1) is 9.31. The highest BCUT2D eigenvalue weighted by atomic mass is 16.5. The van der Waals surface area contributed by atoms with Crippen LogP contribution in [0.5, 0.6) is 0 Å². The zero-order chi connectivity index (χ0) is 13.5. The molecule has 0 aromatic carbocycles. The van der Waals surface area contributed by atoms with Gasteiger partial charge in [0.15, 0.2) is 5.69 Å². The summed E-state index contributed by atoms with van der Waals surface area (Å²) in [6.45, 7) is 3.62. The second-order valence-corrected chi connectivity index (χ2v) is 4.13. The second-order valence-electron chi connectivity index (χ2n) is 4.13. The van der Waals surface area contributed by atoms with Crippen molar-refractivity contribution in [1.82, 2.24) is 15.1 Å². The van der Waals surface area contributed by atoms with Crippen LogP contribution in [0.4, 0.5) is 5.82 Å².